The lowest BCUT2D eigenvalue weighted by Gasteiger charge is -2.71. The molecule has 8 heteroatoms. The van der Waals surface area contributed by atoms with Gasteiger partial charge in [0.05, 0.1) is 24.3 Å². The molecular formula is C42H65FN2O5. The Labute approximate surface area is 299 Å². The second kappa shape index (κ2) is 13.6. The fourth-order valence-corrected chi connectivity index (χ4v) is 12.9. The number of aliphatic hydroxyl groups is 1. The van der Waals surface area contributed by atoms with Gasteiger partial charge < -0.3 is 9.84 Å². The van der Waals surface area contributed by atoms with Gasteiger partial charge >= 0.3 is 11.7 Å². The Morgan fingerprint density at radius 3 is 2.36 bits per heavy atom. The molecule has 0 amide bonds. The summed E-state index contributed by atoms with van der Waals surface area (Å²) in [4.78, 5) is 39.4. The van der Waals surface area contributed by atoms with Crippen molar-refractivity contribution in [3.8, 4) is 0 Å². The first-order valence-electron chi connectivity index (χ1n) is 20.1. The van der Waals surface area contributed by atoms with Gasteiger partial charge in [0.25, 0.3) is 5.56 Å². The van der Waals surface area contributed by atoms with Crippen LogP contribution in [0.15, 0.2) is 27.4 Å². The zero-order valence-electron chi connectivity index (χ0n) is 32.0. The number of hydrogen-bond acceptors (Lipinski definition) is 5. The number of hydrogen-bond donors (Lipinski definition) is 2. The number of nitrogens with one attached hydrogen (secondary N) is 1. The van der Waals surface area contributed by atoms with Crippen LogP contribution in [0.3, 0.4) is 0 Å². The molecule has 0 radical (unpaired) electrons. The van der Waals surface area contributed by atoms with E-state index in [1.54, 1.807) is 5.57 Å². The van der Waals surface area contributed by atoms with E-state index in [-0.39, 0.29) is 39.7 Å². The molecule has 1 aromatic rings. The molecule has 280 valence electrons. The van der Waals surface area contributed by atoms with E-state index in [9.17, 15) is 23.9 Å². The van der Waals surface area contributed by atoms with Crippen LogP contribution in [-0.4, -0.2) is 33.3 Å². The van der Waals surface area contributed by atoms with Crippen LogP contribution >= 0.6 is 0 Å². The van der Waals surface area contributed by atoms with Gasteiger partial charge in [-0.25, -0.2) is 4.79 Å². The largest absolute Gasteiger partial charge is 0.465 e. The average molecular weight is 697 g/mol. The average Bonchev–Trinajstić information content (AvgIpc) is 3.06. The van der Waals surface area contributed by atoms with E-state index < -0.39 is 22.5 Å². The molecule has 5 aliphatic carbocycles. The Morgan fingerprint density at radius 1 is 0.920 bits per heavy atom. The van der Waals surface area contributed by atoms with Crippen LogP contribution in [0.1, 0.15) is 145 Å². The van der Waals surface area contributed by atoms with Crippen molar-refractivity contribution in [3.63, 3.8) is 0 Å². The number of aryl methyl sites for hydroxylation is 1. The van der Waals surface area contributed by atoms with Gasteiger partial charge in [0.1, 0.15) is 0 Å². The van der Waals surface area contributed by atoms with Gasteiger partial charge in [-0.3, -0.25) is 19.1 Å². The Morgan fingerprint density at radius 2 is 1.62 bits per heavy atom. The smallest absolute Gasteiger partial charge is 0.328 e. The van der Waals surface area contributed by atoms with Gasteiger partial charge in [-0.2, -0.15) is 4.39 Å². The molecule has 5 aliphatic rings. The van der Waals surface area contributed by atoms with Gasteiger partial charge in [-0.05, 0) is 122 Å². The number of fused-ring (bicyclic) bond motifs is 7. The molecule has 1 aromatic heterocycles. The summed E-state index contributed by atoms with van der Waals surface area (Å²) in [6.45, 7) is 18.0. The number of aromatic nitrogens is 2. The summed E-state index contributed by atoms with van der Waals surface area (Å²) in [6, 6.07) is 0. The lowest BCUT2D eigenvalue weighted by Crippen LogP contribution is -2.65. The van der Waals surface area contributed by atoms with Crippen LogP contribution in [0.2, 0.25) is 0 Å². The van der Waals surface area contributed by atoms with Crippen LogP contribution in [-0.2, 0) is 16.1 Å². The zero-order valence-corrected chi connectivity index (χ0v) is 32.0. The number of H-pyrrole nitrogens is 1. The number of aromatic amines is 1. The van der Waals surface area contributed by atoms with E-state index in [4.69, 9.17) is 4.74 Å². The second-order valence-electron chi connectivity index (χ2n) is 18.9. The number of rotatable bonds is 10. The number of carbonyl (C=O) groups excluding carboxylic acids is 1. The van der Waals surface area contributed by atoms with Crippen molar-refractivity contribution in [1.29, 1.82) is 0 Å². The summed E-state index contributed by atoms with van der Waals surface area (Å²) in [5.74, 6) is 1.44. The normalized spacial score (nSPS) is 40.5. The summed E-state index contributed by atoms with van der Waals surface area (Å²) >= 11 is 0. The van der Waals surface area contributed by atoms with E-state index in [1.165, 1.54) is 17.4 Å². The van der Waals surface area contributed by atoms with Gasteiger partial charge in [0.2, 0.25) is 5.82 Å². The number of nitrogens with zero attached hydrogens (tertiary/aromatic N) is 1. The second-order valence-corrected chi connectivity index (χ2v) is 18.9. The van der Waals surface area contributed by atoms with Gasteiger partial charge in [-0.1, -0.05) is 85.8 Å². The van der Waals surface area contributed by atoms with Crippen molar-refractivity contribution in [3.05, 3.63) is 44.5 Å². The Kier molecular flexibility index (Phi) is 10.2. The summed E-state index contributed by atoms with van der Waals surface area (Å²) in [7, 11) is 0. The predicted molar refractivity (Wildman–Crippen MR) is 195 cm³/mol. The van der Waals surface area contributed by atoms with Crippen LogP contribution in [0.5, 0.6) is 0 Å². The number of esters is 1. The molecule has 0 saturated heterocycles. The maximum Gasteiger partial charge on any atom is 0.328 e. The van der Waals surface area contributed by atoms with E-state index in [2.05, 4.69) is 54.5 Å². The monoisotopic (exact) mass is 696 g/mol. The highest BCUT2D eigenvalue weighted by atomic mass is 19.1. The van der Waals surface area contributed by atoms with Gasteiger partial charge in [0, 0.05) is 6.54 Å². The highest BCUT2D eigenvalue weighted by molar-refractivity contribution is 5.79. The van der Waals surface area contributed by atoms with Gasteiger partial charge in [-0.15, -0.1) is 0 Å². The van der Waals surface area contributed by atoms with Crippen molar-refractivity contribution in [1.82, 2.24) is 9.55 Å². The number of ether oxygens (including phenoxy) is 1. The first kappa shape index (κ1) is 37.5. The number of halogens is 1. The Bertz CT molecular complexity index is 1580. The summed E-state index contributed by atoms with van der Waals surface area (Å²) in [5, 5.41) is 11.1. The quantitative estimate of drug-likeness (QED) is 0.145. The highest BCUT2D eigenvalue weighted by Crippen LogP contribution is 2.75. The van der Waals surface area contributed by atoms with Crippen molar-refractivity contribution in [2.75, 3.05) is 6.61 Å². The van der Waals surface area contributed by atoms with E-state index in [1.807, 2.05) is 4.98 Å². The van der Waals surface area contributed by atoms with Crippen LogP contribution in [0.25, 0.3) is 0 Å². The summed E-state index contributed by atoms with van der Waals surface area (Å²) in [5.41, 5.74) is -0.0369. The molecule has 1 heterocycles. The van der Waals surface area contributed by atoms with Crippen molar-refractivity contribution < 1.29 is 19.0 Å². The van der Waals surface area contributed by atoms with Crippen LogP contribution in [0.4, 0.5) is 4.39 Å². The van der Waals surface area contributed by atoms with E-state index in [0.717, 1.165) is 89.7 Å². The molecule has 0 aromatic carbocycles. The minimum atomic E-state index is -0.978. The molecule has 10 atom stereocenters. The number of carbonyl (C=O) groups is 1. The lowest BCUT2D eigenvalue weighted by atomic mass is 9.33. The number of allylic oxidation sites excluding steroid dienone is 2. The Balaban J connectivity index is 1.09. The third-order valence-electron chi connectivity index (χ3n) is 16.4. The molecular weight excluding hydrogens is 631 g/mol. The number of unbranched alkanes of at least 4 members (excludes halogenated alkanes) is 5. The van der Waals surface area contributed by atoms with Gasteiger partial charge in [0.15, 0.2) is 0 Å². The Hall–Kier alpha value is -2.22. The molecule has 2 N–H and O–H groups in total. The van der Waals surface area contributed by atoms with Crippen LogP contribution in [0, 0.1) is 62.5 Å². The lowest BCUT2D eigenvalue weighted by molar-refractivity contribution is -0.207. The first-order chi connectivity index (χ1) is 23.5. The number of aliphatic hydroxyl groups excluding tert-OH is 1. The molecule has 0 aliphatic heterocycles. The van der Waals surface area contributed by atoms with Crippen molar-refractivity contribution in [2.45, 2.75) is 157 Å². The molecule has 0 bridgehead atoms. The molecule has 4 saturated carbocycles. The molecule has 0 unspecified atom stereocenters. The third kappa shape index (κ3) is 5.90. The summed E-state index contributed by atoms with van der Waals surface area (Å²) in [6.07, 6.45) is 18.2. The minimum absolute atomic E-state index is 0.0359. The van der Waals surface area contributed by atoms with Crippen molar-refractivity contribution >= 4 is 5.97 Å². The SMILES string of the molecule is C[C@H]1[C@H](C)CC[C@]2(C(=O)OCCCCCCCCn3cc(F)c(=O)[nH]c3=O)CC[C@]3(C)C(=CC[C@@H]4[C@@]5(C)CC[C@H](O)C(C)(C)[C@@H]5CC[C@]43C)[C@H]12. The zero-order chi connectivity index (χ0) is 36.3. The maximum atomic E-state index is 14.3. The highest BCUT2D eigenvalue weighted by Gasteiger charge is 2.69. The molecule has 6 rings (SSSR count). The van der Waals surface area contributed by atoms with E-state index >= 15 is 0 Å². The summed E-state index contributed by atoms with van der Waals surface area (Å²) < 4.78 is 21.0. The predicted octanol–water partition coefficient (Wildman–Crippen LogP) is 8.58. The fourth-order valence-electron chi connectivity index (χ4n) is 12.9. The first-order valence-corrected chi connectivity index (χ1v) is 20.1. The minimum Gasteiger partial charge on any atom is -0.465 e. The molecule has 7 nitrogen and oxygen atoms in total. The third-order valence-corrected chi connectivity index (χ3v) is 16.4. The standard InChI is InChI=1S/C42H65FN2O5/c1-27-16-21-42(36(48)50-25-13-11-9-8-10-12-24-45-26-30(43)35(47)44-37(45)49)23-22-40(6)29(34(42)28(27)2)14-15-32-39(5)19-18-33(46)38(3,4)31(39)17-20-41(32,40)7/h14,26-28,31-34,46H,8-13,15-25H2,1-7H3,(H,44,47,49)/t27-,28+,31+,32-,33+,34+,39+,40-,41-,42+/m1/s1. The fraction of sp³-hybridized carbons (Fsp3) is 0.833. The van der Waals surface area contributed by atoms with Crippen molar-refractivity contribution in [2.24, 2.45) is 56.7 Å². The molecule has 50 heavy (non-hydrogen) atoms. The maximum absolute atomic E-state index is 14.3. The van der Waals surface area contributed by atoms with Crippen LogP contribution < -0.4 is 11.2 Å². The van der Waals surface area contributed by atoms with E-state index in [0.29, 0.717) is 36.8 Å². The molecule has 0 spiro atoms. The topological polar surface area (TPSA) is 101 Å². The molecule has 4 fully saturated rings.